The van der Waals surface area contributed by atoms with Gasteiger partial charge in [0.05, 0.1) is 22.3 Å². The van der Waals surface area contributed by atoms with Crippen LogP contribution in [0.5, 0.6) is 0 Å². The van der Waals surface area contributed by atoms with Crippen molar-refractivity contribution in [3.63, 3.8) is 0 Å². The van der Waals surface area contributed by atoms with Crippen LogP contribution in [0, 0.1) is 0 Å². The summed E-state index contributed by atoms with van der Waals surface area (Å²) in [5.41, 5.74) is 5.72. The Labute approximate surface area is 158 Å². The van der Waals surface area contributed by atoms with E-state index in [0.717, 1.165) is 0 Å². The van der Waals surface area contributed by atoms with Crippen LogP contribution in [0.4, 0.5) is 11.5 Å². The quantitative estimate of drug-likeness (QED) is 0.623. The Morgan fingerprint density at radius 2 is 2.00 bits per heavy atom. The zero-order valence-corrected chi connectivity index (χ0v) is 14.7. The van der Waals surface area contributed by atoms with Gasteiger partial charge < -0.3 is 20.8 Å². The van der Waals surface area contributed by atoms with E-state index in [1.54, 1.807) is 30.3 Å². The van der Waals surface area contributed by atoms with Crippen molar-refractivity contribution >= 4 is 40.0 Å². The number of fused-ring (bicyclic) bond motifs is 1. The molecule has 3 aromatic rings. The summed E-state index contributed by atoms with van der Waals surface area (Å²) in [5.74, 6) is -0.759. The summed E-state index contributed by atoms with van der Waals surface area (Å²) in [6, 6.07) is 8.11. The van der Waals surface area contributed by atoms with Gasteiger partial charge >= 0.3 is 5.97 Å². The lowest BCUT2D eigenvalue weighted by molar-refractivity contribution is 0.0695. The molecule has 138 valence electrons. The number of halogens is 1. The van der Waals surface area contributed by atoms with E-state index >= 15 is 0 Å². The van der Waals surface area contributed by atoms with Crippen molar-refractivity contribution in [3.8, 4) is 5.82 Å². The molecule has 27 heavy (non-hydrogen) atoms. The number of aromatic carboxylic acids is 1. The smallest absolute Gasteiger partial charge is 0.341 e. The molecule has 1 aliphatic rings. The number of hydrogen-bond donors (Lipinski definition) is 3. The van der Waals surface area contributed by atoms with Crippen LogP contribution in [0.2, 0.25) is 5.02 Å². The lowest BCUT2D eigenvalue weighted by atomic mass is 10.1. The second-order valence-corrected chi connectivity index (χ2v) is 6.70. The predicted molar refractivity (Wildman–Crippen MR) is 102 cm³/mol. The van der Waals surface area contributed by atoms with Gasteiger partial charge in [0.2, 0.25) is 5.43 Å². The molecule has 4 rings (SSSR count). The molecule has 1 aliphatic heterocycles. The van der Waals surface area contributed by atoms with Crippen LogP contribution in [0.3, 0.4) is 0 Å². The number of pyridine rings is 2. The number of anilines is 2. The van der Waals surface area contributed by atoms with Gasteiger partial charge in [-0.1, -0.05) is 17.7 Å². The normalized spacial score (nSPS) is 14.4. The molecule has 8 nitrogen and oxygen atoms in total. The zero-order chi connectivity index (χ0) is 19.3. The van der Waals surface area contributed by atoms with Gasteiger partial charge in [-0.05, 0) is 24.3 Å². The van der Waals surface area contributed by atoms with Crippen LogP contribution in [0.1, 0.15) is 10.4 Å². The molecule has 1 fully saturated rings. The van der Waals surface area contributed by atoms with E-state index in [0.29, 0.717) is 30.1 Å². The van der Waals surface area contributed by atoms with E-state index in [1.165, 1.54) is 10.8 Å². The van der Waals surface area contributed by atoms with Gasteiger partial charge in [-0.15, -0.1) is 0 Å². The molecule has 0 aliphatic carbocycles. The minimum Gasteiger partial charge on any atom is -0.477 e. The lowest BCUT2D eigenvalue weighted by Crippen LogP contribution is -2.51. The van der Waals surface area contributed by atoms with Crippen molar-refractivity contribution in [3.05, 3.63) is 57.3 Å². The number of aliphatic hydroxyl groups is 1. The number of aromatic nitrogens is 2. The third-order valence-electron chi connectivity index (χ3n) is 4.52. The molecule has 3 heterocycles. The summed E-state index contributed by atoms with van der Waals surface area (Å²) in [5, 5.41) is 19.4. The Kier molecular flexibility index (Phi) is 4.01. The van der Waals surface area contributed by atoms with Crippen molar-refractivity contribution in [2.75, 3.05) is 23.7 Å². The van der Waals surface area contributed by atoms with Crippen molar-refractivity contribution in [2.45, 2.75) is 6.10 Å². The van der Waals surface area contributed by atoms with Crippen LogP contribution < -0.4 is 16.1 Å². The molecular weight excluding hydrogens is 372 g/mol. The Morgan fingerprint density at radius 3 is 2.63 bits per heavy atom. The number of nitrogens with zero attached hydrogens (tertiary/aromatic N) is 3. The molecule has 0 amide bonds. The molecule has 0 spiro atoms. The van der Waals surface area contributed by atoms with Crippen LogP contribution in [-0.2, 0) is 0 Å². The molecule has 0 bridgehead atoms. The summed E-state index contributed by atoms with van der Waals surface area (Å²) in [4.78, 5) is 30.3. The summed E-state index contributed by atoms with van der Waals surface area (Å²) < 4.78 is 1.46. The molecule has 1 aromatic carbocycles. The Morgan fingerprint density at radius 1 is 1.26 bits per heavy atom. The SMILES string of the molecule is Nc1cccc(-n2cc(C(=O)O)c(=O)c3ccc(N4CC(O)C4)c(Cl)c32)n1. The van der Waals surface area contributed by atoms with Crippen LogP contribution in [0.15, 0.2) is 41.3 Å². The third kappa shape index (κ3) is 2.79. The van der Waals surface area contributed by atoms with E-state index in [4.69, 9.17) is 17.3 Å². The first-order valence-corrected chi connectivity index (χ1v) is 8.51. The van der Waals surface area contributed by atoms with Gasteiger partial charge in [0.25, 0.3) is 0 Å². The maximum Gasteiger partial charge on any atom is 0.341 e. The fourth-order valence-electron chi connectivity index (χ4n) is 3.17. The molecule has 1 saturated heterocycles. The summed E-state index contributed by atoms with van der Waals surface area (Å²) in [6.45, 7) is 0.860. The summed E-state index contributed by atoms with van der Waals surface area (Å²) >= 11 is 6.61. The van der Waals surface area contributed by atoms with Gasteiger partial charge in [-0.2, -0.15) is 0 Å². The monoisotopic (exact) mass is 386 g/mol. The van der Waals surface area contributed by atoms with Gasteiger partial charge in [-0.25, -0.2) is 9.78 Å². The number of benzene rings is 1. The molecule has 0 radical (unpaired) electrons. The van der Waals surface area contributed by atoms with E-state index in [-0.39, 0.29) is 16.2 Å². The Hall–Kier alpha value is -3.10. The predicted octanol–water partition coefficient (Wildman–Crippen LogP) is 1.50. The number of nitrogen functional groups attached to an aromatic ring is 1. The minimum atomic E-state index is -1.34. The first-order chi connectivity index (χ1) is 12.9. The second kappa shape index (κ2) is 6.26. The van der Waals surface area contributed by atoms with Gasteiger partial charge in [0.1, 0.15) is 17.2 Å². The summed E-state index contributed by atoms with van der Waals surface area (Å²) in [6.07, 6.45) is 0.777. The highest BCUT2D eigenvalue weighted by atomic mass is 35.5. The maximum absolute atomic E-state index is 12.6. The van der Waals surface area contributed by atoms with Crippen LogP contribution >= 0.6 is 11.6 Å². The van der Waals surface area contributed by atoms with Gasteiger partial charge in [0.15, 0.2) is 0 Å². The second-order valence-electron chi connectivity index (χ2n) is 6.32. The standard InChI is InChI=1S/C18H15ClN4O4/c19-15-12(22-6-9(24)7-22)5-4-10-16(15)23(8-11(17(10)25)18(26)27)14-3-1-2-13(20)21-14/h1-5,8-9,24H,6-7H2,(H2,20,21)(H,26,27). The number of β-amino-alcohol motifs (C(OH)–C–C–N with tert-alkyl or cyclic N) is 1. The summed E-state index contributed by atoms with van der Waals surface area (Å²) in [7, 11) is 0. The van der Waals surface area contributed by atoms with E-state index in [1.807, 2.05) is 4.90 Å². The molecule has 9 heteroatoms. The number of rotatable bonds is 3. The van der Waals surface area contributed by atoms with Crippen LogP contribution in [-0.4, -0.2) is 44.9 Å². The first kappa shape index (κ1) is 17.3. The number of hydrogen-bond acceptors (Lipinski definition) is 6. The highest BCUT2D eigenvalue weighted by Gasteiger charge is 2.28. The van der Waals surface area contributed by atoms with Gasteiger partial charge in [0, 0.05) is 24.7 Å². The fourth-order valence-corrected chi connectivity index (χ4v) is 3.55. The molecule has 0 unspecified atom stereocenters. The average Bonchev–Trinajstić information content (AvgIpc) is 2.60. The number of carbonyl (C=O) groups is 1. The molecule has 2 aromatic heterocycles. The fraction of sp³-hybridized carbons (Fsp3) is 0.167. The van der Waals surface area contributed by atoms with E-state index in [9.17, 15) is 19.8 Å². The maximum atomic E-state index is 12.6. The highest BCUT2D eigenvalue weighted by molar-refractivity contribution is 6.38. The zero-order valence-electron chi connectivity index (χ0n) is 14.0. The van der Waals surface area contributed by atoms with Crippen molar-refractivity contribution < 1.29 is 15.0 Å². The van der Waals surface area contributed by atoms with Gasteiger partial charge in [-0.3, -0.25) is 9.36 Å². The number of aliphatic hydroxyl groups excluding tert-OH is 1. The topological polar surface area (TPSA) is 122 Å². The Balaban J connectivity index is 2.06. The minimum absolute atomic E-state index is 0.161. The number of nitrogens with two attached hydrogens (primary N) is 1. The van der Waals surface area contributed by atoms with E-state index < -0.39 is 23.1 Å². The van der Waals surface area contributed by atoms with Crippen molar-refractivity contribution in [1.29, 1.82) is 0 Å². The third-order valence-corrected chi connectivity index (χ3v) is 4.89. The highest BCUT2D eigenvalue weighted by Crippen LogP contribution is 2.35. The Bertz CT molecular complexity index is 1140. The number of carboxylic acid groups (broad SMARTS) is 1. The molecule has 4 N–H and O–H groups in total. The molecular formula is C18H15ClN4O4. The first-order valence-electron chi connectivity index (χ1n) is 8.14. The number of carboxylic acids is 1. The largest absolute Gasteiger partial charge is 0.477 e. The lowest BCUT2D eigenvalue weighted by Gasteiger charge is -2.38. The van der Waals surface area contributed by atoms with E-state index in [2.05, 4.69) is 4.98 Å². The van der Waals surface area contributed by atoms with Crippen molar-refractivity contribution in [1.82, 2.24) is 9.55 Å². The molecule has 0 saturated carbocycles. The van der Waals surface area contributed by atoms with Crippen molar-refractivity contribution in [2.24, 2.45) is 0 Å². The van der Waals surface area contributed by atoms with Crippen LogP contribution in [0.25, 0.3) is 16.7 Å². The average molecular weight is 387 g/mol. The molecule has 0 atom stereocenters.